The first kappa shape index (κ1) is 11.0. The largest absolute Gasteiger partial charge is 0.508 e. The molecule has 76 valence electrons. The van der Waals surface area contributed by atoms with Gasteiger partial charge in [0.15, 0.2) is 5.78 Å². The highest BCUT2D eigenvalue weighted by molar-refractivity contribution is 9.09. The normalized spacial score (nSPS) is 10.1. The molecule has 0 radical (unpaired) electrons. The molecule has 1 rings (SSSR count). The highest BCUT2D eigenvalue weighted by Gasteiger charge is 2.10. The third-order valence-electron chi connectivity index (χ3n) is 1.82. The molecule has 0 aliphatic rings. The van der Waals surface area contributed by atoms with E-state index in [2.05, 4.69) is 15.9 Å². The zero-order valence-electron chi connectivity index (χ0n) is 7.53. The Balaban J connectivity index is 2.80. The third kappa shape index (κ3) is 2.73. The van der Waals surface area contributed by atoms with Crippen molar-refractivity contribution in [3.63, 3.8) is 0 Å². The first-order chi connectivity index (χ1) is 6.65. The van der Waals surface area contributed by atoms with Crippen molar-refractivity contribution >= 4 is 21.7 Å². The van der Waals surface area contributed by atoms with Gasteiger partial charge in [-0.05, 0) is 18.6 Å². The van der Waals surface area contributed by atoms with Gasteiger partial charge in [-0.2, -0.15) is 0 Å². The average molecular weight is 259 g/mol. The number of Topliss-reactive ketones (excluding diaryl/α,β-unsaturated/α-hetero) is 1. The van der Waals surface area contributed by atoms with E-state index in [4.69, 9.17) is 5.11 Å². The molecule has 1 aromatic carbocycles. The van der Waals surface area contributed by atoms with Crippen molar-refractivity contribution in [2.45, 2.75) is 12.8 Å². The van der Waals surface area contributed by atoms with E-state index in [-0.39, 0.29) is 22.8 Å². The van der Waals surface area contributed by atoms with E-state index in [0.717, 1.165) is 11.8 Å². The monoisotopic (exact) mass is 258 g/mol. The Bertz CT molecular complexity index is 336. The molecule has 0 saturated carbocycles. The number of benzene rings is 1. The fraction of sp³-hybridized carbons (Fsp3) is 0.300. The van der Waals surface area contributed by atoms with Crippen molar-refractivity contribution in [2.75, 3.05) is 5.33 Å². The zero-order chi connectivity index (χ0) is 10.6. The maximum Gasteiger partial charge on any atom is 0.166 e. The number of halogens is 1. The van der Waals surface area contributed by atoms with Gasteiger partial charge in [-0.1, -0.05) is 15.9 Å². The molecule has 0 spiro atoms. The van der Waals surface area contributed by atoms with Crippen LogP contribution in [0.15, 0.2) is 18.2 Å². The second-order valence-corrected chi connectivity index (χ2v) is 3.71. The number of hydrogen-bond donors (Lipinski definition) is 2. The summed E-state index contributed by atoms with van der Waals surface area (Å²) >= 11 is 3.23. The molecule has 0 atom stereocenters. The van der Waals surface area contributed by atoms with Crippen molar-refractivity contribution in [2.24, 2.45) is 0 Å². The molecule has 0 saturated heterocycles. The lowest BCUT2D eigenvalue weighted by Crippen LogP contribution is -1.99. The molecule has 0 heterocycles. The number of hydrogen-bond acceptors (Lipinski definition) is 3. The number of alkyl halides is 1. The predicted octanol–water partition coefficient (Wildman–Crippen LogP) is 2.46. The van der Waals surface area contributed by atoms with Crippen LogP contribution in [0.1, 0.15) is 23.2 Å². The Morgan fingerprint density at radius 1 is 1.36 bits per heavy atom. The van der Waals surface area contributed by atoms with Crippen LogP contribution in [0.2, 0.25) is 0 Å². The van der Waals surface area contributed by atoms with E-state index in [1.54, 1.807) is 0 Å². The van der Waals surface area contributed by atoms with Gasteiger partial charge in [0.25, 0.3) is 0 Å². The van der Waals surface area contributed by atoms with Crippen LogP contribution in [0.4, 0.5) is 0 Å². The molecule has 14 heavy (non-hydrogen) atoms. The minimum Gasteiger partial charge on any atom is -0.508 e. The number of carbonyl (C=O) groups is 1. The van der Waals surface area contributed by atoms with Crippen LogP contribution in [-0.2, 0) is 0 Å². The minimum atomic E-state index is -0.162. The van der Waals surface area contributed by atoms with Crippen molar-refractivity contribution in [3.8, 4) is 11.5 Å². The Morgan fingerprint density at radius 2 is 2.07 bits per heavy atom. The Labute approximate surface area is 90.5 Å². The van der Waals surface area contributed by atoms with Gasteiger partial charge >= 0.3 is 0 Å². The average Bonchev–Trinajstić information content (AvgIpc) is 2.14. The van der Waals surface area contributed by atoms with E-state index in [0.29, 0.717) is 6.42 Å². The van der Waals surface area contributed by atoms with E-state index >= 15 is 0 Å². The summed E-state index contributed by atoms with van der Waals surface area (Å²) in [5.41, 5.74) is 0.267. The van der Waals surface area contributed by atoms with Crippen molar-refractivity contribution in [1.82, 2.24) is 0 Å². The van der Waals surface area contributed by atoms with Gasteiger partial charge in [0.1, 0.15) is 11.5 Å². The molecule has 0 aromatic heterocycles. The first-order valence-corrected chi connectivity index (χ1v) is 5.38. The molecule has 0 fully saturated rings. The first-order valence-electron chi connectivity index (χ1n) is 4.26. The number of phenols is 2. The number of carbonyl (C=O) groups excluding carboxylic acids is 1. The lowest BCUT2D eigenvalue weighted by molar-refractivity contribution is 0.0979. The molecule has 0 aliphatic heterocycles. The van der Waals surface area contributed by atoms with Gasteiger partial charge in [-0.3, -0.25) is 4.79 Å². The Kier molecular flexibility index (Phi) is 3.95. The molecular formula is C10H11BrO3. The molecule has 0 unspecified atom stereocenters. The van der Waals surface area contributed by atoms with Gasteiger partial charge in [0.05, 0.1) is 5.56 Å². The SMILES string of the molecule is O=C(CCCBr)c1ccc(O)cc1O. The number of phenolic OH excluding ortho intramolecular Hbond substituents is 2. The van der Waals surface area contributed by atoms with Crippen LogP contribution in [-0.4, -0.2) is 21.3 Å². The van der Waals surface area contributed by atoms with Crippen LogP contribution in [0.3, 0.4) is 0 Å². The van der Waals surface area contributed by atoms with Gasteiger partial charge in [0, 0.05) is 17.8 Å². The molecule has 0 amide bonds. The molecular weight excluding hydrogens is 248 g/mol. The molecule has 0 bridgehead atoms. The maximum atomic E-state index is 11.5. The maximum absolute atomic E-state index is 11.5. The van der Waals surface area contributed by atoms with Gasteiger partial charge in [-0.25, -0.2) is 0 Å². The third-order valence-corrected chi connectivity index (χ3v) is 2.38. The fourth-order valence-corrected chi connectivity index (χ4v) is 1.40. The topological polar surface area (TPSA) is 57.5 Å². The smallest absolute Gasteiger partial charge is 0.166 e. The summed E-state index contributed by atoms with van der Waals surface area (Å²) in [4.78, 5) is 11.5. The standard InChI is InChI=1S/C10H11BrO3/c11-5-1-2-9(13)8-4-3-7(12)6-10(8)14/h3-4,6,12,14H,1-2,5H2. The van der Waals surface area contributed by atoms with Crippen LogP contribution in [0.25, 0.3) is 0 Å². The molecule has 4 heteroatoms. The highest BCUT2D eigenvalue weighted by Crippen LogP contribution is 2.23. The second kappa shape index (κ2) is 5.00. The van der Waals surface area contributed by atoms with Crippen LogP contribution >= 0.6 is 15.9 Å². The summed E-state index contributed by atoms with van der Waals surface area (Å²) in [5, 5.41) is 19.1. The number of rotatable bonds is 4. The van der Waals surface area contributed by atoms with Crippen molar-refractivity contribution in [1.29, 1.82) is 0 Å². The zero-order valence-corrected chi connectivity index (χ0v) is 9.12. The van der Waals surface area contributed by atoms with Crippen LogP contribution < -0.4 is 0 Å². The van der Waals surface area contributed by atoms with Gasteiger partial charge < -0.3 is 10.2 Å². The molecule has 0 aliphatic carbocycles. The van der Waals surface area contributed by atoms with E-state index in [1.807, 2.05) is 0 Å². The quantitative estimate of drug-likeness (QED) is 0.645. The lowest BCUT2D eigenvalue weighted by atomic mass is 10.1. The number of aromatic hydroxyl groups is 2. The van der Waals surface area contributed by atoms with Gasteiger partial charge in [-0.15, -0.1) is 0 Å². The second-order valence-electron chi connectivity index (χ2n) is 2.92. The predicted molar refractivity (Wildman–Crippen MR) is 57.1 cm³/mol. The van der Waals surface area contributed by atoms with Crippen LogP contribution in [0, 0.1) is 0 Å². The Hall–Kier alpha value is -1.03. The summed E-state index contributed by atoms with van der Waals surface area (Å²) in [6, 6.07) is 3.99. The summed E-state index contributed by atoms with van der Waals surface area (Å²) in [5.74, 6) is -0.314. The van der Waals surface area contributed by atoms with Crippen molar-refractivity contribution < 1.29 is 15.0 Å². The molecule has 2 N–H and O–H groups in total. The highest BCUT2D eigenvalue weighted by atomic mass is 79.9. The fourth-order valence-electron chi connectivity index (χ4n) is 1.12. The summed E-state index contributed by atoms with van der Waals surface area (Å²) < 4.78 is 0. The molecule has 1 aromatic rings. The van der Waals surface area contributed by atoms with Crippen LogP contribution in [0.5, 0.6) is 11.5 Å². The summed E-state index contributed by atoms with van der Waals surface area (Å²) in [7, 11) is 0. The van der Waals surface area contributed by atoms with Gasteiger partial charge in [0.2, 0.25) is 0 Å². The minimum absolute atomic E-state index is 0.0421. The Morgan fingerprint density at radius 3 is 2.64 bits per heavy atom. The molecule has 3 nitrogen and oxygen atoms in total. The van der Waals surface area contributed by atoms with E-state index in [9.17, 15) is 9.90 Å². The number of ketones is 1. The van der Waals surface area contributed by atoms with Crippen molar-refractivity contribution in [3.05, 3.63) is 23.8 Å². The van der Waals surface area contributed by atoms with E-state index < -0.39 is 0 Å². The summed E-state index contributed by atoms with van der Waals surface area (Å²) in [6.07, 6.45) is 1.13. The van der Waals surface area contributed by atoms with E-state index in [1.165, 1.54) is 18.2 Å². The summed E-state index contributed by atoms with van der Waals surface area (Å²) in [6.45, 7) is 0. The lowest BCUT2D eigenvalue weighted by Gasteiger charge is -2.03.